The normalized spacial score (nSPS) is 10.7. The summed E-state index contributed by atoms with van der Waals surface area (Å²) in [6.07, 6.45) is 3.04. The number of amides is 1. The molecule has 0 aliphatic carbocycles. The van der Waals surface area contributed by atoms with E-state index in [1.165, 1.54) is 23.0 Å². The molecule has 0 unspecified atom stereocenters. The second-order valence-corrected chi connectivity index (χ2v) is 7.22. The van der Waals surface area contributed by atoms with Gasteiger partial charge in [-0.2, -0.15) is 5.10 Å². The zero-order valence-corrected chi connectivity index (χ0v) is 17.8. The number of nitrogens with zero attached hydrogens (tertiary/aromatic N) is 2. The van der Waals surface area contributed by atoms with Gasteiger partial charge in [0.25, 0.3) is 5.91 Å². The molecule has 32 heavy (non-hydrogen) atoms. The van der Waals surface area contributed by atoms with E-state index in [4.69, 9.17) is 25.5 Å². The van der Waals surface area contributed by atoms with E-state index in [9.17, 15) is 9.18 Å². The van der Waals surface area contributed by atoms with Crippen molar-refractivity contribution in [1.82, 2.24) is 9.78 Å². The molecule has 2 aromatic carbocycles. The summed E-state index contributed by atoms with van der Waals surface area (Å²) < 4.78 is 31.8. The Hall–Kier alpha value is -3.78. The molecule has 0 fully saturated rings. The Morgan fingerprint density at radius 2 is 2.00 bits per heavy atom. The van der Waals surface area contributed by atoms with Gasteiger partial charge >= 0.3 is 0 Å². The minimum atomic E-state index is -0.443. The standard InChI is InChI=1S/C23H19ClFN3O4/c1-30-16-4-2-5-17(10-16)31-14-18-8-9-22(32-18)23(29)27-15-11-26-28(12-15)13-19-20(24)6-3-7-21(19)25/h2-12H,13-14H2,1H3,(H,27,29). The molecule has 2 heterocycles. The number of aromatic nitrogens is 2. The van der Waals surface area contributed by atoms with Crippen LogP contribution in [0.2, 0.25) is 5.02 Å². The van der Waals surface area contributed by atoms with Crippen LogP contribution in [0, 0.1) is 5.82 Å². The molecule has 0 saturated carbocycles. The quantitative estimate of drug-likeness (QED) is 0.397. The molecule has 0 aliphatic rings. The number of carbonyl (C=O) groups is 1. The van der Waals surface area contributed by atoms with Crippen molar-refractivity contribution in [2.45, 2.75) is 13.2 Å². The Morgan fingerprint density at radius 1 is 1.19 bits per heavy atom. The Labute approximate surface area is 188 Å². The summed E-state index contributed by atoms with van der Waals surface area (Å²) in [5, 5.41) is 7.14. The van der Waals surface area contributed by atoms with Crippen LogP contribution in [-0.2, 0) is 13.2 Å². The summed E-state index contributed by atoms with van der Waals surface area (Å²) >= 11 is 6.05. The Kier molecular flexibility index (Phi) is 6.42. The van der Waals surface area contributed by atoms with Crippen molar-refractivity contribution < 1.29 is 23.1 Å². The van der Waals surface area contributed by atoms with Gasteiger partial charge in [-0.15, -0.1) is 0 Å². The number of hydrogen-bond acceptors (Lipinski definition) is 5. The molecule has 1 amide bonds. The smallest absolute Gasteiger partial charge is 0.291 e. The molecule has 2 aromatic heterocycles. The SMILES string of the molecule is COc1cccc(OCc2ccc(C(=O)Nc3cnn(Cc4c(F)cccc4Cl)c3)o2)c1. The minimum Gasteiger partial charge on any atom is -0.497 e. The third-order valence-electron chi connectivity index (χ3n) is 4.58. The van der Waals surface area contributed by atoms with Crippen molar-refractivity contribution in [2.75, 3.05) is 12.4 Å². The highest BCUT2D eigenvalue weighted by Crippen LogP contribution is 2.22. The summed E-state index contributed by atoms with van der Waals surface area (Å²) in [6.45, 7) is 0.287. The van der Waals surface area contributed by atoms with Crippen molar-refractivity contribution in [1.29, 1.82) is 0 Å². The van der Waals surface area contributed by atoms with Crippen LogP contribution in [0.1, 0.15) is 21.9 Å². The lowest BCUT2D eigenvalue weighted by Crippen LogP contribution is -2.10. The lowest BCUT2D eigenvalue weighted by Gasteiger charge is -2.06. The predicted molar refractivity (Wildman–Crippen MR) is 117 cm³/mol. The number of nitrogens with one attached hydrogen (secondary N) is 1. The van der Waals surface area contributed by atoms with Crippen molar-refractivity contribution in [3.63, 3.8) is 0 Å². The molecular weight excluding hydrogens is 437 g/mol. The molecular formula is C23H19ClFN3O4. The third-order valence-corrected chi connectivity index (χ3v) is 4.93. The second kappa shape index (κ2) is 9.57. The number of carbonyl (C=O) groups excluding carboxylic acids is 1. The fourth-order valence-electron chi connectivity index (χ4n) is 2.98. The van der Waals surface area contributed by atoms with Gasteiger partial charge in [-0.1, -0.05) is 23.7 Å². The number of furan rings is 1. The molecule has 0 atom stereocenters. The third kappa shape index (κ3) is 5.09. The first-order valence-corrected chi connectivity index (χ1v) is 10.0. The largest absolute Gasteiger partial charge is 0.497 e. The highest BCUT2D eigenvalue weighted by Gasteiger charge is 2.14. The number of anilines is 1. The van der Waals surface area contributed by atoms with Gasteiger partial charge in [-0.3, -0.25) is 9.48 Å². The van der Waals surface area contributed by atoms with Crippen LogP contribution in [0.4, 0.5) is 10.1 Å². The molecule has 7 nitrogen and oxygen atoms in total. The maximum atomic E-state index is 14.0. The van der Waals surface area contributed by atoms with Crippen LogP contribution < -0.4 is 14.8 Å². The summed E-state index contributed by atoms with van der Waals surface area (Å²) in [5.41, 5.74) is 0.759. The number of ether oxygens (including phenoxy) is 2. The van der Waals surface area contributed by atoms with Crippen LogP contribution >= 0.6 is 11.6 Å². The Balaban J connectivity index is 1.35. The highest BCUT2D eigenvalue weighted by molar-refractivity contribution is 6.31. The maximum Gasteiger partial charge on any atom is 0.291 e. The molecule has 0 spiro atoms. The lowest BCUT2D eigenvalue weighted by atomic mass is 10.2. The van der Waals surface area contributed by atoms with Crippen molar-refractivity contribution >= 4 is 23.2 Å². The average molecular weight is 456 g/mol. The number of halogens is 2. The molecule has 0 bridgehead atoms. The van der Waals surface area contributed by atoms with Gasteiger partial charge in [0.2, 0.25) is 0 Å². The monoisotopic (exact) mass is 455 g/mol. The van der Waals surface area contributed by atoms with Gasteiger partial charge in [0.1, 0.15) is 29.7 Å². The van der Waals surface area contributed by atoms with Gasteiger partial charge in [-0.05, 0) is 36.4 Å². The Morgan fingerprint density at radius 3 is 2.81 bits per heavy atom. The number of methoxy groups -OCH3 is 1. The van der Waals surface area contributed by atoms with Crippen LogP contribution in [0.25, 0.3) is 0 Å². The van der Waals surface area contributed by atoms with E-state index in [0.717, 1.165) is 0 Å². The van der Waals surface area contributed by atoms with Crippen LogP contribution in [-0.4, -0.2) is 22.8 Å². The molecule has 0 aliphatic heterocycles. The van der Waals surface area contributed by atoms with Crippen LogP contribution in [0.3, 0.4) is 0 Å². The van der Waals surface area contributed by atoms with Gasteiger partial charge in [-0.25, -0.2) is 4.39 Å². The van der Waals surface area contributed by atoms with Crippen LogP contribution in [0.15, 0.2) is 71.4 Å². The number of benzene rings is 2. The molecule has 0 saturated heterocycles. The van der Waals surface area contributed by atoms with E-state index < -0.39 is 11.7 Å². The van der Waals surface area contributed by atoms with E-state index >= 15 is 0 Å². The summed E-state index contributed by atoms with van der Waals surface area (Å²) in [6, 6.07) is 14.9. The minimum absolute atomic E-state index is 0.124. The predicted octanol–water partition coefficient (Wildman–Crippen LogP) is 5.16. The Bertz CT molecular complexity index is 1220. The van der Waals surface area contributed by atoms with Gasteiger partial charge in [0, 0.05) is 22.8 Å². The molecule has 4 aromatic rings. The first kappa shape index (κ1) is 21.5. The molecule has 1 N–H and O–H groups in total. The zero-order valence-electron chi connectivity index (χ0n) is 17.0. The van der Waals surface area contributed by atoms with Gasteiger partial charge in [0.15, 0.2) is 5.76 Å². The number of rotatable bonds is 8. The van der Waals surface area contributed by atoms with E-state index in [2.05, 4.69) is 10.4 Å². The summed E-state index contributed by atoms with van der Waals surface area (Å²) in [5.74, 6) is 1.05. The first-order valence-electron chi connectivity index (χ1n) is 9.64. The molecule has 4 rings (SSSR count). The summed E-state index contributed by atoms with van der Waals surface area (Å²) in [4.78, 5) is 12.5. The van der Waals surface area contributed by atoms with E-state index in [1.807, 2.05) is 12.1 Å². The fourth-order valence-corrected chi connectivity index (χ4v) is 3.20. The highest BCUT2D eigenvalue weighted by atomic mass is 35.5. The summed E-state index contributed by atoms with van der Waals surface area (Å²) in [7, 11) is 1.58. The molecule has 164 valence electrons. The lowest BCUT2D eigenvalue weighted by molar-refractivity contribution is 0.0992. The van der Waals surface area contributed by atoms with Crippen molar-refractivity contribution in [2.24, 2.45) is 0 Å². The van der Waals surface area contributed by atoms with Gasteiger partial charge < -0.3 is 19.2 Å². The zero-order chi connectivity index (χ0) is 22.5. The van der Waals surface area contributed by atoms with Crippen molar-refractivity contribution in [3.05, 3.63) is 94.9 Å². The van der Waals surface area contributed by atoms with E-state index in [1.54, 1.807) is 43.6 Å². The molecule has 9 heteroatoms. The maximum absolute atomic E-state index is 14.0. The topological polar surface area (TPSA) is 78.5 Å². The van der Waals surface area contributed by atoms with Crippen molar-refractivity contribution in [3.8, 4) is 11.5 Å². The first-order chi connectivity index (χ1) is 15.5. The van der Waals surface area contributed by atoms with E-state index in [0.29, 0.717) is 33.5 Å². The molecule has 0 radical (unpaired) electrons. The second-order valence-electron chi connectivity index (χ2n) is 6.81. The van der Waals surface area contributed by atoms with Gasteiger partial charge in [0.05, 0.1) is 25.5 Å². The average Bonchev–Trinajstić information content (AvgIpc) is 3.45. The van der Waals surface area contributed by atoms with Crippen LogP contribution in [0.5, 0.6) is 11.5 Å². The number of hydrogen-bond donors (Lipinski definition) is 1. The fraction of sp³-hybridized carbons (Fsp3) is 0.130. The van der Waals surface area contributed by atoms with E-state index in [-0.39, 0.29) is 18.9 Å².